The lowest BCUT2D eigenvalue weighted by Gasteiger charge is -2.38. The molecule has 2 atom stereocenters. The Hall–Kier alpha value is -0.900. The standard InChI is InChI=1S/C14H22N2O/c1-2-16-9-3-4-13(17)14(16)12-7-5-11(10-15)6-8-12/h5-8,13-14,17H,2-4,9-10,15H2,1H3. The van der Waals surface area contributed by atoms with Crippen molar-refractivity contribution < 1.29 is 5.11 Å². The van der Waals surface area contributed by atoms with Gasteiger partial charge in [0, 0.05) is 6.54 Å². The van der Waals surface area contributed by atoms with Crippen LogP contribution in [0.5, 0.6) is 0 Å². The Bertz CT molecular complexity index is 350. The normalized spacial score (nSPS) is 26.1. The number of benzene rings is 1. The molecule has 2 rings (SSSR count). The van der Waals surface area contributed by atoms with Crippen molar-refractivity contribution >= 4 is 0 Å². The van der Waals surface area contributed by atoms with Crippen LogP contribution in [0.25, 0.3) is 0 Å². The van der Waals surface area contributed by atoms with E-state index in [4.69, 9.17) is 5.73 Å². The molecule has 3 nitrogen and oxygen atoms in total. The van der Waals surface area contributed by atoms with Crippen molar-refractivity contribution in [2.45, 2.75) is 38.5 Å². The summed E-state index contributed by atoms with van der Waals surface area (Å²) in [6, 6.07) is 8.48. The van der Waals surface area contributed by atoms with E-state index in [0.29, 0.717) is 6.54 Å². The number of aliphatic hydroxyl groups is 1. The van der Waals surface area contributed by atoms with E-state index in [1.807, 2.05) is 0 Å². The van der Waals surface area contributed by atoms with Gasteiger partial charge in [-0.1, -0.05) is 31.2 Å². The van der Waals surface area contributed by atoms with Gasteiger partial charge in [0.1, 0.15) is 0 Å². The van der Waals surface area contributed by atoms with Crippen LogP contribution < -0.4 is 5.73 Å². The molecule has 0 saturated carbocycles. The third-order valence-electron chi connectivity index (χ3n) is 3.67. The lowest BCUT2D eigenvalue weighted by Crippen LogP contribution is -2.41. The number of hydrogen-bond acceptors (Lipinski definition) is 3. The SMILES string of the molecule is CCN1CCCC(O)C1c1ccc(CN)cc1. The molecule has 1 aromatic rings. The summed E-state index contributed by atoms with van der Waals surface area (Å²) in [4.78, 5) is 2.35. The van der Waals surface area contributed by atoms with Gasteiger partial charge in [-0.3, -0.25) is 4.90 Å². The fraction of sp³-hybridized carbons (Fsp3) is 0.571. The summed E-state index contributed by atoms with van der Waals surface area (Å²) < 4.78 is 0. The van der Waals surface area contributed by atoms with E-state index in [0.717, 1.165) is 31.5 Å². The summed E-state index contributed by atoms with van der Waals surface area (Å²) in [5, 5.41) is 10.2. The molecule has 1 aromatic carbocycles. The van der Waals surface area contributed by atoms with E-state index in [2.05, 4.69) is 36.1 Å². The van der Waals surface area contributed by atoms with Crippen LogP contribution in [0.1, 0.15) is 36.9 Å². The van der Waals surface area contributed by atoms with Crippen LogP contribution >= 0.6 is 0 Å². The molecule has 3 heteroatoms. The number of rotatable bonds is 3. The predicted molar refractivity (Wildman–Crippen MR) is 69.6 cm³/mol. The van der Waals surface area contributed by atoms with Crippen molar-refractivity contribution in [3.05, 3.63) is 35.4 Å². The zero-order valence-corrected chi connectivity index (χ0v) is 10.5. The van der Waals surface area contributed by atoms with E-state index in [1.54, 1.807) is 0 Å². The monoisotopic (exact) mass is 234 g/mol. The third kappa shape index (κ3) is 2.68. The molecule has 1 heterocycles. The van der Waals surface area contributed by atoms with Gasteiger partial charge in [-0.2, -0.15) is 0 Å². The Labute approximate surface area is 103 Å². The summed E-state index contributed by atoms with van der Waals surface area (Å²) in [5.41, 5.74) is 7.95. The highest BCUT2D eigenvalue weighted by molar-refractivity contribution is 5.26. The van der Waals surface area contributed by atoms with E-state index in [9.17, 15) is 5.11 Å². The fourth-order valence-electron chi connectivity index (χ4n) is 2.68. The summed E-state index contributed by atoms with van der Waals surface area (Å²) in [6.07, 6.45) is 1.75. The van der Waals surface area contributed by atoms with E-state index in [1.165, 1.54) is 5.56 Å². The molecule has 17 heavy (non-hydrogen) atoms. The topological polar surface area (TPSA) is 49.5 Å². The van der Waals surface area contributed by atoms with Gasteiger partial charge in [0.15, 0.2) is 0 Å². The predicted octanol–water partition coefficient (Wildman–Crippen LogP) is 1.66. The van der Waals surface area contributed by atoms with Gasteiger partial charge in [-0.05, 0) is 37.1 Å². The van der Waals surface area contributed by atoms with E-state index in [-0.39, 0.29) is 12.1 Å². The van der Waals surface area contributed by atoms with Crippen molar-refractivity contribution in [2.24, 2.45) is 5.73 Å². The molecule has 3 N–H and O–H groups in total. The Morgan fingerprint density at radius 3 is 2.65 bits per heavy atom. The molecule has 0 aliphatic carbocycles. The second kappa shape index (κ2) is 5.63. The molecule has 0 bridgehead atoms. The number of likely N-dealkylation sites (N-methyl/N-ethyl adjacent to an activating group) is 1. The largest absolute Gasteiger partial charge is 0.391 e. The number of nitrogens with two attached hydrogens (primary N) is 1. The smallest absolute Gasteiger partial charge is 0.0737 e. The molecule has 1 saturated heterocycles. The Kier molecular flexibility index (Phi) is 4.15. The maximum Gasteiger partial charge on any atom is 0.0737 e. The van der Waals surface area contributed by atoms with Crippen molar-refractivity contribution in [3.63, 3.8) is 0 Å². The second-order valence-electron chi connectivity index (χ2n) is 4.73. The number of likely N-dealkylation sites (tertiary alicyclic amines) is 1. The van der Waals surface area contributed by atoms with Crippen LogP contribution in [0, 0.1) is 0 Å². The molecule has 0 amide bonds. The molecule has 94 valence electrons. The van der Waals surface area contributed by atoms with Gasteiger partial charge in [-0.25, -0.2) is 0 Å². The Morgan fingerprint density at radius 1 is 1.35 bits per heavy atom. The third-order valence-corrected chi connectivity index (χ3v) is 3.67. The van der Waals surface area contributed by atoms with Crippen LogP contribution in [0.3, 0.4) is 0 Å². The summed E-state index contributed by atoms with van der Waals surface area (Å²) in [5.74, 6) is 0. The molecule has 0 spiro atoms. The van der Waals surface area contributed by atoms with Crippen LogP contribution in [0.15, 0.2) is 24.3 Å². The fourth-order valence-corrected chi connectivity index (χ4v) is 2.68. The summed E-state index contributed by atoms with van der Waals surface area (Å²) >= 11 is 0. The molecular weight excluding hydrogens is 212 g/mol. The highest BCUT2D eigenvalue weighted by atomic mass is 16.3. The van der Waals surface area contributed by atoms with Crippen molar-refractivity contribution in [3.8, 4) is 0 Å². The highest BCUT2D eigenvalue weighted by Crippen LogP contribution is 2.31. The maximum atomic E-state index is 10.2. The van der Waals surface area contributed by atoms with Gasteiger partial charge < -0.3 is 10.8 Å². The lowest BCUT2D eigenvalue weighted by atomic mass is 9.92. The number of hydrogen-bond donors (Lipinski definition) is 2. The zero-order chi connectivity index (χ0) is 12.3. The van der Waals surface area contributed by atoms with Crippen molar-refractivity contribution in [1.29, 1.82) is 0 Å². The van der Waals surface area contributed by atoms with Crippen LogP contribution in [0.4, 0.5) is 0 Å². The maximum absolute atomic E-state index is 10.2. The molecular formula is C14H22N2O. The Morgan fingerprint density at radius 2 is 2.06 bits per heavy atom. The second-order valence-corrected chi connectivity index (χ2v) is 4.73. The zero-order valence-electron chi connectivity index (χ0n) is 10.5. The number of nitrogens with zero attached hydrogens (tertiary/aromatic N) is 1. The summed E-state index contributed by atoms with van der Waals surface area (Å²) in [7, 11) is 0. The summed E-state index contributed by atoms with van der Waals surface area (Å²) in [6.45, 7) is 4.79. The minimum atomic E-state index is -0.243. The van der Waals surface area contributed by atoms with Crippen LogP contribution in [0.2, 0.25) is 0 Å². The minimum Gasteiger partial charge on any atom is -0.391 e. The van der Waals surface area contributed by atoms with Gasteiger partial charge >= 0.3 is 0 Å². The minimum absolute atomic E-state index is 0.153. The first-order chi connectivity index (χ1) is 8.26. The lowest BCUT2D eigenvalue weighted by molar-refractivity contribution is 0.0126. The number of piperidine rings is 1. The first-order valence-electron chi connectivity index (χ1n) is 6.47. The average Bonchev–Trinajstić information content (AvgIpc) is 2.38. The van der Waals surface area contributed by atoms with Crippen LogP contribution in [-0.4, -0.2) is 29.2 Å². The average molecular weight is 234 g/mol. The van der Waals surface area contributed by atoms with Gasteiger partial charge in [0.25, 0.3) is 0 Å². The molecule has 1 aliphatic heterocycles. The van der Waals surface area contributed by atoms with Gasteiger partial charge in [0.2, 0.25) is 0 Å². The van der Waals surface area contributed by atoms with Gasteiger partial charge in [-0.15, -0.1) is 0 Å². The number of aliphatic hydroxyl groups excluding tert-OH is 1. The van der Waals surface area contributed by atoms with Gasteiger partial charge in [0.05, 0.1) is 12.1 Å². The Balaban J connectivity index is 2.21. The molecule has 1 fully saturated rings. The highest BCUT2D eigenvalue weighted by Gasteiger charge is 2.30. The quantitative estimate of drug-likeness (QED) is 0.836. The molecule has 2 unspecified atom stereocenters. The first kappa shape index (κ1) is 12.6. The van der Waals surface area contributed by atoms with Crippen molar-refractivity contribution in [1.82, 2.24) is 4.90 Å². The van der Waals surface area contributed by atoms with Crippen LogP contribution in [-0.2, 0) is 6.54 Å². The van der Waals surface area contributed by atoms with E-state index >= 15 is 0 Å². The molecule has 1 aliphatic rings. The first-order valence-corrected chi connectivity index (χ1v) is 6.47. The van der Waals surface area contributed by atoms with Crippen molar-refractivity contribution in [2.75, 3.05) is 13.1 Å². The molecule has 0 radical (unpaired) electrons. The molecule has 0 aromatic heterocycles. The van der Waals surface area contributed by atoms with E-state index < -0.39 is 0 Å².